The maximum absolute atomic E-state index is 11.8. The predicted octanol–water partition coefficient (Wildman–Crippen LogP) is 4.03. The highest BCUT2D eigenvalue weighted by atomic mass is 16.5. The minimum absolute atomic E-state index is 0.155. The molecule has 2 aliphatic rings. The van der Waals surface area contributed by atoms with Crippen LogP contribution < -0.4 is 15.8 Å². The Morgan fingerprint density at radius 2 is 1.78 bits per heavy atom. The Morgan fingerprint density at radius 3 is 2.50 bits per heavy atom. The van der Waals surface area contributed by atoms with Crippen LogP contribution in [-0.2, 0) is 4.79 Å². The number of nitrogens with zero attached hydrogens (tertiary/aromatic N) is 4. The van der Waals surface area contributed by atoms with E-state index >= 15 is 0 Å². The number of ether oxygens (including phenoxy) is 1. The smallest absolute Gasteiger partial charge is 0.363 e. The van der Waals surface area contributed by atoms with Crippen LogP contribution in [0.4, 0.5) is 11.6 Å². The first-order chi connectivity index (χ1) is 17.6. The molecule has 36 heavy (non-hydrogen) atoms. The molecule has 3 aromatic rings. The molecular formula is C28H27N6O2+. The first-order valence-electron chi connectivity index (χ1n) is 12.0. The summed E-state index contributed by atoms with van der Waals surface area (Å²) in [6.07, 6.45) is 7.23. The summed E-state index contributed by atoms with van der Waals surface area (Å²) in [4.78, 5) is 20.5. The van der Waals surface area contributed by atoms with E-state index in [0.717, 1.165) is 54.0 Å². The molecule has 1 aromatic heterocycles. The summed E-state index contributed by atoms with van der Waals surface area (Å²) < 4.78 is 7.74. The number of nitrogens with two attached hydrogens (primary N) is 1. The van der Waals surface area contributed by atoms with E-state index in [0.29, 0.717) is 17.6 Å². The van der Waals surface area contributed by atoms with Gasteiger partial charge in [-0.1, -0.05) is 29.2 Å². The van der Waals surface area contributed by atoms with Crippen molar-refractivity contribution in [1.82, 2.24) is 15.3 Å². The Kier molecular flexibility index (Phi) is 6.72. The highest BCUT2D eigenvalue weighted by Gasteiger charge is 2.34. The number of benzene rings is 2. The van der Waals surface area contributed by atoms with Crippen molar-refractivity contribution >= 4 is 29.5 Å². The number of rotatable bonds is 5. The van der Waals surface area contributed by atoms with Crippen LogP contribution in [0.5, 0.6) is 11.5 Å². The van der Waals surface area contributed by atoms with Crippen LogP contribution in [0.2, 0.25) is 0 Å². The summed E-state index contributed by atoms with van der Waals surface area (Å²) in [5.41, 5.74) is 8.62. The van der Waals surface area contributed by atoms with Gasteiger partial charge in [-0.2, -0.15) is 4.98 Å². The van der Waals surface area contributed by atoms with Crippen molar-refractivity contribution in [2.75, 3.05) is 5.73 Å². The molecule has 2 heterocycles. The molecule has 0 atom stereocenters. The SMILES string of the molecule is CC#CC(=O)NC1CCC(/C=[N+]2/N=C(c3ccc(Oc4ccccc4)cc3)c3c(N)ncnc32)CC1. The number of carbonyl (C=O) groups excluding carboxylic acids is 1. The maximum Gasteiger partial charge on any atom is 0.363 e. The number of aromatic nitrogens is 2. The fraction of sp³-hybridized carbons (Fsp3) is 0.250. The number of hydrogen-bond donors (Lipinski definition) is 2. The molecule has 5 rings (SSSR count). The molecule has 8 heteroatoms. The lowest BCUT2D eigenvalue weighted by Gasteiger charge is -2.25. The minimum atomic E-state index is -0.208. The predicted molar refractivity (Wildman–Crippen MR) is 138 cm³/mol. The zero-order valence-corrected chi connectivity index (χ0v) is 20.0. The maximum atomic E-state index is 11.8. The van der Waals surface area contributed by atoms with Gasteiger partial charge in [0.15, 0.2) is 0 Å². The average molecular weight is 480 g/mol. The van der Waals surface area contributed by atoms with E-state index < -0.39 is 0 Å². The van der Waals surface area contributed by atoms with Crippen LogP contribution in [0.3, 0.4) is 0 Å². The van der Waals surface area contributed by atoms with Crippen LogP contribution in [0.15, 0.2) is 66.0 Å². The van der Waals surface area contributed by atoms with Crippen molar-refractivity contribution in [1.29, 1.82) is 0 Å². The topological polar surface area (TPSA) is 106 Å². The van der Waals surface area contributed by atoms with Crippen LogP contribution in [0, 0.1) is 17.8 Å². The second kappa shape index (κ2) is 10.4. The summed E-state index contributed by atoms with van der Waals surface area (Å²) in [5.74, 6) is 7.87. The number of para-hydroxylation sites is 1. The Morgan fingerprint density at radius 1 is 1.06 bits per heavy atom. The largest absolute Gasteiger partial charge is 0.457 e. The van der Waals surface area contributed by atoms with Gasteiger partial charge in [0.2, 0.25) is 6.33 Å². The summed E-state index contributed by atoms with van der Waals surface area (Å²) in [5, 5.41) is 7.86. The average Bonchev–Trinajstić information content (AvgIpc) is 3.26. The quantitative estimate of drug-likeness (QED) is 0.425. The molecule has 0 spiro atoms. The molecule has 2 aromatic carbocycles. The van der Waals surface area contributed by atoms with Crippen LogP contribution in [-0.4, -0.2) is 38.5 Å². The molecule has 1 saturated carbocycles. The third kappa shape index (κ3) is 5.10. The Balaban J connectivity index is 1.35. The van der Waals surface area contributed by atoms with Crippen LogP contribution >= 0.6 is 0 Å². The molecule has 0 unspecified atom stereocenters. The van der Waals surface area contributed by atoms with Gasteiger partial charge >= 0.3 is 5.82 Å². The monoisotopic (exact) mass is 479 g/mol. The van der Waals surface area contributed by atoms with Gasteiger partial charge < -0.3 is 15.8 Å². The van der Waals surface area contributed by atoms with Crippen molar-refractivity contribution < 1.29 is 14.2 Å². The Labute approximate surface area is 209 Å². The zero-order chi connectivity index (χ0) is 24.9. The molecule has 1 aliphatic carbocycles. The zero-order valence-electron chi connectivity index (χ0n) is 20.0. The highest BCUT2D eigenvalue weighted by Crippen LogP contribution is 2.32. The molecule has 180 valence electrons. The summed E-state index contributed by atoms with van der Waals surface area (Å²) in [6.45, 7) is 1.66. The van der Waals surface area contributed by atoms with Crippen molar-refractivity contribution in [3.63, 3.8) is 0 Å². The Bertz CT molecular complexity index is 1380. The van der Waals surface area contributed by atoms with Gasteiger partial charge in [0.25, 0.3) is 5.91 Å². The van der Waals surface area contributed by atoms with Gasteiger partial charge in [-0.05, 0) is 79.9 Å². The van der Waals surface area contributed by atoms with E-state index in [2.05, 4.69) is 33.3 Å². The first-order valence-corrected chi connectivity index (χ1v) is 12.0. The lowest BCUT2D eigenvalue weighted by molar-refractivity contribution is -0.442. The molecular weight excluding hydrogens is 452 g/mol. The van der Waals surface area contributed by atoms with E-state index in [-0.39, 0.29) is 11.9 Å². The number of nitrogen functional groups attached to an aromatic ring is 1. The van der Waals surface area contributed by atoms with Gasteiger partial charge in [-0.25, -0.2) is 0 Å². The Hall–Kier alpha value is -4.51. The number of hydrazone groups is 1. The van der Waals surface area contributed by atoms with Gasteiger partial charge in [0.05, 0.1) is 0 Å². The van der Waals surface area contributed by atoms with Crippen LogP contribution in [0.1, 0.15) is 43.7 Å². The number of anilines is 1. The van der Waals surface area contributed by atoms with Gasteiger partial charge in [-0.15, -0.1) is 4.68 Å². The van der Waals surface area contributed by atoms with Crippen LogP contribution in [0.25, 0.3) is 0 Å². The minimum Gasteiger partial charge on any atom is -0.457 e. The van der Waals surface area contributed by atoms with E-state index in [1.54, 1.807) is 6.92 Å². The number of nitrogens with one attached hydrogen (secondary N) is 1. The lowest BCUT2D eigenvalue weighted by Crippen LogP contribution is -2.37. The molecule has 3 N–H and O–H groups in total. The standard InChI is InChI=1S/C28H26N6O2/c1-2-6-24(35)32-21-13-9-19(10-14-21)17-34-28-25(27(29)30-18-31-28)26(33-34)20-11-15-23(16-12-20)36-22-7-4-3-5-8-22/h3-5,7-8,11-12,15-19,21H,9-10,13-14H2,1H3,(H2-,29,30,31,32,33,35)/p+1/b34-17+. The summed E-state index contributed by atoms with van der Waals surface area (Å²) in [7, 11) is 0. The fourth-order valence-electron chi connectivity index (χ4n) is 4.55. The second-order valence-electron chi connectivity index (χ2n) is 8.80. The molecule has 0 bridgehead atoms. The van der Waals surface area contributed by atoms with E-state index in [1.807, 2.05) is 59.3 Å². The van der Waals surface area contributed by atoms with Gasteiger partial charge in [-0.3, -0.25) is 4.79 Å². The highest BCUT2D eigenvalue weighted by molar-refractivity contribution is 6.18. The first kappa shape index (κ1) is 23.2. The molecule has 1 amide bonds. The van der Waals surface area contributed by atoms with Crippen molar-refractivity contribution in [3.8, 4) is 23.3 Å². The van der Waals surface area contributed by atoms with Crippen molar-refractivity contribution in [2.45, 2.75) is 38.6 Å². The molecule has 0 saturated heterocycles. The molecule has 8 nitrogen and oxygen atoms in total. The third-order valence-electron chi connectivity index (χ3n) is 6.32. The normalized spacial score (nSPS) is 19.6. The van der Waals surface area contributed by atoms with E-state index in [9.17, 15) is 4.79 Å². The molecule has 0 radical (unpaired) electrons. The van der Waals surface area contributed by atoms with Crippen molar-refractivity contribution in [2.24, 2.45) is 11.0 Å². The molecule has 1 fully saturated rings. The van der Waals surface area contributed by atoms with Crippen molar-refractivity contribution in [3.05, 3.63) is 72.1 Å². The molecule has 1 aliphatic heterocycles. The summed E-state index contributed by atoms with van der Waals surface area (Å²) in [6, 6.07) is 17.6. The van der Waals surface area contributed by atoms with E-state index in [4.69, 9.17) is 15.6 Å². The van der Waals surface area contributed by atoms with E-state index in [1.165, 1.54) is 6.33 Å². The number of hydrogen-bond acceptors (Lipinski definition) is 6. The number of fused-ring (bicyclic) bond motifs is 1. The lowest BCUT2D eigenvalue weighted by atomic mass is 9.86. The second-order valence-corrected chi connectivity index (χ2v) is 8.80. The summed E-state index contributed by atoms with van der Waals surface area (Å²) >= 11 is 0. The fourth-order valence-corrected chi connectivity index (χ4v) is 4.55. The third-order valence-corrected chi connectivity index (χ3v) is 6.32. The number of amides is 1. The van der Waals surface area contributed by atoms with Gasteiger partial charge in [0.1, 0.15) is 34.8 Å². The number of carbonyl (C=O) groups is 1. The van der Waals surface area contributed by atoms with Gasteiger partial charge in [0, 0.05) is 17.5 Å².